The zero-order valence-corrected chi connectivity index (χ0v) is 32.1. The van der Waals surface area contributed by atoms with E-state index in [4.69, 9.17) is 43.5 Å². The molecule has 0 spiro atoms. The molecular formula is C39H54N6O7. The number of amides is 1. The van der Waals surface area contributed by atoms with Crippen LogP contribution in [0.4, 0.5) is 10.6 Å². The number of fused-ring (bicyclic) bond motifs is 1. The van der Waals surface area contributed by atoms with E-state index in [1.807, 2.05) is 79.7 Å². The Morgan fingerprint density at radius 2 is 1.58 bits per heavy atom. The molecule has 1 amide bonds. The third-order valence-corrected chi connectivity index (χ3v) is 9.11. The van der Waals surface area contributed by atoms with Crippen LogP contribution in [0.5, 0.6) is 29.0 Å². The van der Waals surface area contributed by atoms with Gasteiger partial charge in [-0.25, -0.2) is 14.3 Å². The van der Waals surface area contributed by atoms with Gasteiger partial charge in [0.1, 0.15) is 28.6 Å². The van der Waals surface area contributed by atoms with E-state index in [0.717, 1.165) is 48.9 Å². The van der Waals surface area contributed by atoms with E-state index < -0.39 is 5.60 Å². The summed E-state index contributed by atoms with van der Waals surface area (Å²) >= 11 is 0. The summed E-state index contributed by atoms with van der Waals surface area (Å²) in [5, 5.41) is 4.90. The number of aromatic nitrogens is 4. The summed E-state index contributed by atoms with van der Waals surface area (Å²) in [6, 6.07) is 11.7. The lowest BCUT2D eigenvalue weighted by molar-refractivity contribution is 0.00978. The molecular weight excluding hydrogens is 664 g/mol. The van der Waals surface area contributed by atoms with Gasteiger partial charge in [0, 0.05) is 55.4 Å². The molecule has 4 aromatic rings. The van der Waals surface area contributed by atoms with Gasteiger partial charge in [0.05, 0.1) is 46.4 Å². The van der Waals surface area contributed by atoms with E-state index in [1.165, 1.54) is 0 Å². The van der Waals surface area contributed by atoms with Gasteiger partial charge in [-0.15, -0.1) is 5.10 Å². The van der Waals surface area contributed by atoms with Crippen LogP contribution in [0.2, 0.25) is 0 Å². The van der Waals surface area contributed by atoms with E-state index in [-0.39, 0.29) is 24.2 Å². The molecule has 5 rings (SSSR count). The molecule has 0 saturated carbocycles. The van der Waals surface area contributed by atoms with Gasteiger partial charge in [-0.05, 0) is 77.6 Å². The second kappa shape index (κ2) is 17.1. The Balaban J connectivity index is 1.63. The summed E-state index contributed by atoms with van der Waals surface area (Å²) in [6.07, 6.45) is 6.56. The number of ether oxygens (including phenoxy) is 6. The van der Waals surface area contributed by atoms with Gasteiger partial charge in [0.2, 0.25) is 0 Å². The maximum absolute atomic E-state index is 13.3. The van der Waals surface area contributed by atoms with Gasteiger partial charge in [0.25, 0.3) is 0 Å². The summed E-state index contributed by atoms with van der Waals surface area (Å²) in [5.74, 6) is 3.30. The van der Waals surface area contributed by atoms with E-state index in [9.17, 15) is 4.79 Å². The fourth-order valence-electron chi connectivity index (χ4n) is 6.54. The third-order valence-electron chi connectivity index (χ3n) is 9.11. The van der Waals surface area contributed by atoms with Gasteiger partial charge >= 0.3 is 12.1 Å². The minimum atomic E-state index is -0.589. The highest BCUT2D eigenvalue weighted by atomic mass is 16.6. The first-order valence-corrected chi connectivity index (χ1v) is 18.0. The molecule has 1 aliphatic rings. The Labute approximate surface area is 307 Å². The Morgan fingerprint density at radius 3 is 2.13 bits per heavy atom. The van der Waals surface area contributed by atoms with Crippen LogP contribution in [0.1, 0.15) is 83.5 Å². The fraction of sp³-hybridized carbons (Fsp3) is 0.538. The maximum Gasteiger partial charge on any atom is 0.410 e. The van der Waals surface area contributed by atoms with Gasteiger partial charge in [-0.2, -0.15) is 4.98 Å². The van der Waals surface area contributed by atoms with Crippen LogP contribution in [0.25, 0.3) is 5.65 Å². The summed E-state index contributed by atoms with van der Waals surface area (Å²) in [7, 11) is 6.55. The number of carbonyl (C=O) groups is 1. The molecule has 13 heteroatoms. The number of piperidine rings is 1. The lowest BCUT2D eigenvalue weighted by atomic mass is 9.98. The average Bonchev–Trinajstić information content (AvgIpc) is 3.52. The van der Waals surface area contributed by atoms with Gasteiger partial charge in [-0.3, -0.25) is 0 Å². The number of rotatable bonds is 15. The van der Waals surface area contributed by atoms with Gasteiger partial charge in [-0.1, -0.05) is 13.3 Å². The van der Waals surface area contributed by atoms with Crippen molar-refractivity contribution in [1.82, 2.24) is 24.5 Å². The number of benzene rings is 2. The molecule has 0 bridgehead atoms. The minimum absolute atomic E-state index is 0.0754. The lowest BCUT2D eigenvalue weighted by Crippen LogP contribution is -2.47. The Kier molecular flexibility index (Phi) is 12.6. The molecule has 2 aromatic heterocycles. The number of likely N-dealkylation sites (tertiary alicyclic amines) is 1. The van der Waals surface area contributed by atoms with Crippen molar-refractivity contribution in [2.75, 3.05) is 39.9 Å². The van der Waals surface area contributed by atoms with Crippen molar-refractivity contribution < 1.29 is 33.2 Å². The molecule has 1 saturated heterocycles. The first-order chi connectivity index (χ1) is 25.0. The summed E-state index contributed by atoms with van der Waals surface area (Å²) < 4.78 is 36.6. The molecule has 3 heterocycles. The topological polar surface area (TPSA) is 122 Å². The smallest absolute Gasteiger partial charge is 0.410 e. The van der Waals surface area contributed by atoms with E-state index in [0.29, 0.717) is 60.5 Å². The summed E-state index contributed by atoms with van der Waals surface area (Å²) in [4.78, 5) is 27.2. The largest absolute Gasteiger partial charge is 0.497 e. The second-order valence-corrected chi connectivity index (χ2v) is 14.2. The van der Waals surface area contributed by atoms with Crippen molar-refractivity contribution in [3.8, 4) is 29.0 Å². The predicted molar refractivity (Wildman–Crippen MR) is 199 cm³/mol. The first kappa shape index (κ1) is 38.3. The van der Waals surface area contributed by atoms with E-state index in [2.05, 4.69) is 11.8 Å². The zero-order chi connectivity index (χ0) is 37.4. The zero-order valence-electron chi connectivity index (χ0n) is 32.1. The summed E-state index contributed by atoms with van der Waals surface area (Å²) in [6.45, 7) is 11.3. The summed E-state index contributed by atoms with van der Waals surface area (Å²) in [5.41, 5.74) is 2.64. The Bertz CT molecular complexity index is 1750. The van der Waals surface area contributed by atoms with Gasteiger partial charge in [0.15, 0.2) is 11.5 Å². The number of hydrogen-bond donors (Lipinski definition) is 0. The van der Waals surface area contributed by atoms with Gasteiger partial charge < -0.3 is 38.2 Å². The highest BCUT2D eigenvalue weighted by Crippen LogP contribution is 2.34. The molecule has 1 fully saturated rings. The quantitative estimate of drug-likeness (QED) is 0.123. The molecule has 2 aromatic carbocycles. The SMILES string of the molecule is CCC[C@H](C)Oc1nc(N(Cc2ccc(OC)cc2OC)Cc2ccc(OC)cc2OC)c2ncc(CC3CCCCN3C(=O)OC(C)(C)C)n2n1. The normalized spacial score (nSPS) is 15.2. The number of anilines is 1. The van der Waals surface area contributed by atoms with E-state index >= 15 is 0 Å². The average molecular weight is 719 g/mol. The number of carbonyl (C=O) groups excluding carboxylic acids is 1. The molecule has 2 atom stereocenters. The molecule has 13 nitrogen and oxygen atoms in total. The number of nitrogens with zero attached hydrogens (tertiary/aromatic N) is 6. The van der Waals surface area contributed by atoms with Crippen molar-refractivity contribution in [2.24, 2.45) is 0 Å². The second-order valence-electron chi connectivity index (χ2n) is 14.2. The Hall–Kier alpha value is -4.94. The van der Waals surface area contributed by atoms with Crippen LogP contribution in [0.15, 0.2) is 42.6 Å². The highest BCUT2D eigenvalue weighted by molar-refractivity contribution is 5.69. The molecule has 1 aliphatic heterocycles. The molecule has 1 unspecified atom stereocenters. The number of imidazole rings is 1. The van der Waals surface area contributed by atoms with Crippen molar-refractivity contribution in [1.29, 1.82) is 0 Å². The van der Waals surface area contributed by atoms with Crippen molar-refractivity contribution in [3.05, 3.63) is 59.4 Å². The van der Waals surface area contributed by atoms with Crippen molar-refractivity contribution in [3.63, 3.8) is 0 Å². The number of hydrogen-bond acceptors (Lipinski definition) is 11. The van der Waals surface area contributed by atoms with Crippen molar-refractivity contribution in [2.45, 2.75) is 104 Å². The number of methoxy groups -OCH3 is 4. The predicted octanol–water partition coefficient (Wildman–Crippen LogP) is 7.27. The van der Waals surface area contributed by atoms with Crippen LogP contribution >= 0.6 is 0 Å². The third kappa shape index (κ3) is 9.29. The molecule has 0 radical (unpaired) electrons. The first-order valence-electron chi connectivity index (χ1n) is 18.0. The fourth-order valence-corrected chi connectivity index (χ4v) is 6.54. The maximum atomic E-state index is 13.3. The molecule has 0 aliphatic carbocycles. The minimum Gasteiger partial charge on any atom is -0.497 e. The monoisotopic (exact) mass is 718 g/mol. The van der Waals surface area contributed by atoms with Crippen LogP contribution < -0.4 is 28.6 Å². The van der Waals surface area contributed by atoms with Crippen LogP contribution in [0, 0.1) is 0 Å². The standard InChI is InChI=1S/C39H54N6O7/c1-10-13-26(2)51-37-41-36(35-40-23-30(45(35)42-37)20-29-14-11-12-19-44(29)38(46)52-39(3,4)5)43(24-27-15-17-31(47-6)21-33(27)49-8)25-28-16-18-32(48-7)22-34(28)50-9/h15-18,21-23,26,29H,10-14,19-20,24-25H2,1-9H3/t26-,29?/m0/s1. The van der Waals surface area contributed by atoms with Crippen LogP contribution in [-0.4, -0.2) is 83.3 Å². The highest BCUT2D eigenvalue weighted by Gasteiger charge is 2.32. The molecule has 0 N–H and O–H groups in total. The Morgan fingerprint density at radius 1 is 0.942 bits per heavy atom. The lowest BCUT2D eigenvalue weighted by Gasteiger charge is -2.36. The van der Waals surface area contributed by atoms with Crippen LogP contribution in [0.3, 0.4) is 0 Å². The molecule has 52 heavy (non-hydrogen) atoms. The molecule has 282 valence electrons. The van der Waals surface area contributed by atoms with Crippen LogP contribution in [-0.2, 0) is 24.2 Å². The van der Waals surface area contributed by atoms with Crippen molar-refractivity contribution >= 4 is 17.6 Å². The van der Waals surface area contributed by atoms with E-state index in [1.54, 1.807) is 28.4 Å².